The highest BCUT2D eigenvalue weighted by atomic mass is 16.5. The third kappa shape index (κ3) is 3.64. The van der Waals surface area contributed by atoms with Crippen molar-refractivity contribution in [3.8, 4) is 17.2 Å². The lowest BCUT2D eigenvalue weighted by Gasteiger charge is -2.09. The first-order valence-electron chi connectivity index (χ1n) is 9.41. The number of benzene rings is 3. The van der Waals surface area contributed by atoms with Crippen molar-refractivity contribution in [1.82, 2.24) is 19.5 Å². The normalized spacial score (nSPS) is 10.8. The van der Waals surface area contributed by atoms with E-state index < -0.39 is 0 Å². The van der Waals surface area contributed by atoms with Gasteiger partial charge in [0.05, 0.1) is 11.9 Å². The van der Waals surface area contributed by atoms with E-state index in [4.69, 9.17) is 10.5 Å². The van der Waals surface area contributed by atoms with Crippen LogP contribution >= 0.6 is 0 Å². The quantitative estimate of drug-likeness (QED) is 0.411. The molecular weight excluding hydrogens is 376 g/mol. The van der Waals surface area contributed by atoms with Gasteiger partial charge >= 0.3 is 0 Å². The maximum atomic E-state index is 5.91. The molecule has 3 aromatic carbocycles. The molecule has 2 aromatic heterocycles. The number of nitrogen functional groups attached to an aromatic ring is 1. The molecule has 146 valence electrons. The largest absolute Gasteiger partial charge is 0.457 e. The van der Waals surface area contributed by atoms with Crippen LogP contribution in [0.1, 0.15) is 0 Å². The maximum Gasteiger partial charge on any atom is 0.229 e. The lowest BCUT2D eigenvalue weighted by atomic mass is 10.3. The molecule has 0 unspecified atom stereocenters. The average molecular weight is 394 g/mol. The number of hydrogen-bond acceptors (Lipinski definition) is 6. The van der Waals surface area contributed by atoms with E-state index in [-0.39, 0.29) is 0 Å². The third-order valence-electron chi connectivity index (χ3n) is 4.53. The number of fused-ring (bicyclic) bond motifs is 1. The molecule has 7 nitrogen and oxygen atoms in total. The Kier molecular flexibility index (Phi) is 4.46. The fraction of sp³-hybridized carbons (Fsp3) is 0. The van der Waals surface area contributed by atoms with Gasteiger partial charge < -0.3 is 15.8 Å². The zero-order valence-corrected chi connectivity index (χ0v) is 15.9. The maximum absolute atomic E-state index is 5.91. The van der Waals surface area contributed by atoms with Crippen LogP contribution in [-0.4, -0.2) is 19.5 Å². The van der Waals surface area contributed by atoms with Gasteiger partial charge in [0.15, 0.2) is 5.65 Å². The summed E-state index contributed by atoms with van der Waals surface area (Å²) < 4.78 is 7.71. The van der Waals surface area contributed by atoms with Crippen LogP contribution in [0.25, 0.3) is 16.9 Å². The van der Waals surface area contributed by atoms with Crippen LogP contribution < -0.4 is 15.8 Å². The molecule has 0 aliphatic heterocycles. The van der Waals surface area contributed by atoms with Crippen LogP contribution in [0, 0.1) is 0 Å². The molecule has 0 saturated carbocycles. The van der Waals surface area contributed by atoms with Crippen LogP contribution in [0.3, 0.4) is 0 Å². The van der Waals surface area contributed by atoms with Crippen LogP contribution in [0.15, 0.2) is 91.4 Å². The molecular formula is C23H18N6O. The minimum atomic E-state index is 0.477. The van der Waals surface area contributed by atoms with E-state index in [0.29, 0.717) is 22.8 Å². The van der Waals surface area contributed by atoms with E-state index >= 15 is 0 Å². The number of aromatic nitrogens is 4. The highest BCUT2D eigenvalue weighted by molar-refractivity contribution is 5.74. The zero-order valence-electron chi connectivity index (χ0n) is 15.9. The number of para-hydroxylation sites is 1. The summed E-state index contributed by atoms with van der Waals surface area (Å²) in [5.74, 6) is 2.02. The van der Waals surface area contributed by atoms with Crippen molar-refractivity contribution in [2.45, 2.75) is 0 Å². The summed E-state index contributed by atoms with van der Waals surface area (Å²) >= 11 is 0. The Balaban J connectivity index is 1.38. The molecule has 0 fully saturated rings. The van der Waals surface area contributed by atoms with Gasteiger partial charge in [-0.25, -0.2) is 9.97 Å². The summed E-state index contributed by atoms with van der Waals surface area (Å²) in [6.45, 7) is 0. The number of nitrogens with zero attached hydrogens (tertiary/aromatic N) is 4. The van der Waals surface area contributed by atoms with Crippen molar-refractivity contribution < 1.29 is 4.74 Å². The van der Waals surface area contributed by atoms with Crippen molar-refractivity contribution in [1.29, 1.82) is 0 Å². The molecule has 2 heterocycles. The topological polar surface area (TPSA) is 90.9 Å². The van der Waals surface area contributed by atoms with Crippen LogP contribution in [0.5, 0.6) is 11.5 Å². The summed E-state index contributed by atoms with van der Waals surface area (Å²) in [5.41, 5.74) is 9.74. The van der Waals surface area contributed by atoms with E-state index in [0.717, 1.165) is 22.9 Å². The van der Waals surface area contributed by atoms with Crippen LogP contribution in [-0.2, 0) is 0 Å². The van der Waals surface area contributed by atoms with E-state index in [1.54, 1.807) is 12.5 Å². The molecule has 30 heavy (non-hydrogen) atoms. The lowest BCUT2D eigenvalue weighted by Crippen LogP contribution is -2.00. The first-order chi connectivity index (χ1) is 14.7. The predicted molar refractivity (Wildman–Crippen MR) is 117 cm³/mol. The summed E-state index contributed by atoms with van der Waals surface area (Å²) in [4.78, 5) is 13.4. The Bertz CT molecular complexity index is 1300. The monoisotopic (exact) mass is 394 g/mol. The Morgan fingerprint density at radius 3 is 2.43 bits per heavy atom. The first kappa shape index (κ1) is 17.7. The van der Waals surface area contributed by atoms with Crippen LogP contribution in [0.4, 0.5) is 17.3 Å². The predicted octanol–water partition coefficient (Wildman–Crippen LogP) is 4.93. The van der Waals surface area contributed by atoms with Gasteiger partial charge in [-0.15, -0.1) is 0 Å². The van der Waals surface area contributed by atoms with Gasteiger partial charge in [-0.3, -0.25) is 4.57 Å². The van der Waals surface area contributed by atoms with Gasteiger partial charge in [0.2, 0.25) is 5.95 Å². The second-order valence-electron chi connectivity index (χ2n) is 6.68. The lowest BCUT2D eigenvalue weighted by molar-refractivity contribution is 0.483. The number of rotatable bonds is 5. The molecule has 5 aromatic rings. The van der Waals surface area contributed by atoms with Gasteiger partial charge in [-0.05, 0) is 54.6 Å². The highest BCUT2D eigenvalue weighted by Gasteiger charge is 2.09. The molecule has 0 spiro atoms. The van der Waals surface area contributed by atoms with Crippen molar-refractivity contribution >= 4 is 28.5 Å². The Hall–Kier alpha value is -4.39. The highest BCUT2D eigenvalue weighted by Crippen LogP contribution is 2.24. The van der Waals surface area contributed by atoms with E-state index in [2.05, 4.69) is 20.3 Å². The molecule has 0 amide bonds. The number of imidazole rings is 1. The van der Waals surface area contributed by atoms with Gasteiger partial charge in [0.25, 0.3) is 0 Å². The average Bonchev–Trinajstić information content (AvgIpc) is 3.19. The van der Waals surface area contributed by atoms with Gasteiger partial charge in [-0.2, -0.15) is 4.98 Å². The van der Waals surface area contributed by atoms with E-state index in [9.17, 15) is 0 Å². The van der Waals surface area contributed by atoms with E-state index in [1.165, 1.54) is 0 Å². The molecule has 0 radical (unpaired) electrons. The van der Waals surface area contributed by atoms with Gasteiger partial charge in [-0.1, -0.05) is 24.3 Å². The second-order valence-corrected chi connectivity index (χ2v) is 6.68. The zero-order chi connectivity index (χ0) is 20.3. The molecule has 0 atom stereocenters. The van der Waals surface area contributed by atoms with E-state index in [1.807, 2.05) is 83.4 Å². The summed E-state index contributed by atoms with van der Waals surface area (Å²) in [5, 5.41) is 3.22. The molecule has 0 aliphatic carbocycles. The molecule has 5 rings (SSSR count). The SMILES string of the molecule is Nc1cccc(-n2cnc3cnc(Nc4ccc(Oc5ccccc5)cc4)nc32)c1. The minimum Gasteiger partial charge on any atom is -0.457 e. The van der Waals surface area contributed by atoms with Crippen molar-refractivity contribution in [3.05, 3.63) is 91.4 Å². The number of hydrogen-bond donors (Lipinski definition) is 2. The Morgan fingerprint density at radius 1 is 0.833 bits per heavy atom. The number of ether oxygens (including phenoxy) is 1. The van der Waals surface area contributed by atoms with Crippen molar-refractivity contribution in [2.24, 2.45) is 0 Å². The number of nitrogens with one attached hydrogen (secondary N) is 1. The molecule has 3 N–H and O–H groups in total. The summed E-state index contributed by atoms with van der Waals surface area (Å²) in [6, 6.07) is 24.9. The Labute approximate surface area is 172 Å². The number of nitrogens with two attached hydrogens (primary N) is 1. The fourth-order valence-corrected chi connectivity index (χ4v) is 3.09. The summed E-state index contributed by atoms with van der Waals surface area (Å²) in [7, 11) is 0. The van der Waals surface area contributed by atoms with Crippen LogP contribution in [0.2, 0.25) is 0 Å². The summed E-state index contributed by atoms with van der Waals surface area (Å²) in [6.07, 6.45) is 3.41. The first-order valence-corrected chi connectivity index (χ1v) is 9.41. The molecule has 0 bridgehead atoms. The third-order valence-corrected chi connectivity index (χ3v) is 4.53. The van der Waals surface area contributed by atoms with Gasteiger partial charge in [0.1, 0.15) is 23.3 Å². The molecule has 7 heteroatoms. The second kappa shape index (κ2) is 7.56. The smallest absolute Gasteiger partial charge is 0.229 e. The minimum absolute atomic E-state index is 0.477. The van der Waals surface area contributed by atoms with Gasteiger partial charge in [0, 0.05) is 11.4 Å². The van der Waals surface area contributed by atoms with Crippen molar-refractivity contribution in [2.75, 3.05) is 11.1 Å². The fourth-order valence-electron chi connectivity index (χ4n) is 3.09. The Morgan fingerprint density at radius 2 is 1.63 bits per heavy atom. The van der Waals surface area contributed by atoms with Crippen molar-refractivity contribution in [3.63, 3.8) is 0 Å². The molecule has 0 aliphatic rings. The molecule has 0 saturated heterocycles. The standard InChI is InChI=1S/C23H18N6O/c24-16-5-4-6-18(13-16)29-15-26-21-14-25-23(28-22(21)29)27-17-9-11-20(12-10-17)30-19-7-2-1-3-8-19/h1-15H,24H2,(H,25,27,28). The number of anilines is 3.